The van der Waals surface area contributed by atoms with E-state index in [0.717, 1.165) is 16.3 Å². The quantitative estimate of drug-likeness (QED) is 0.172. The molecule has 1 aliphatic heterocycles. The van der Waals surface area contributed by atoms with E-state index in [1.165, 1.54) is 6.92 Å². The molecule has 16 nitrogen and oxygen atoms in total. The molecule has 0 saturated carbocycles. The molecule has 0 spiro atoms. The van der Waals surface area contributed by atoms with Crippen LogP contribution in [0.25, 0.3) is 10.8 Å². The molecule has 2 atom stereocenters. The van der Waals surface area contributed by atoms with Crippen molar-refractivity contribution in [2.45, 2.75) is 51.1 Å². The number of amides is 8. The molecule has 8 N–H and O–H groups in total. The molecule has 0 radical (unpaired) electrons. The fourth-order valence-corrected chi connectivity index (χ4v) is 4.73. The van der Waals surface area contributed by atoms with Gasteiger partial charge >= 0.3 is 0 Å². The standard InChI is InChI=1S/C32H42N8O8/c1-20(41)35-18-29(45)39-24-10-11-26(42)33-12-4-5-13-34-27(43)16-36-28(44)17-37-32(48)25(40-30(46)19-38-31(24)47)15-21-8-9-22-6-2-3-7-23(22)14-21/h2-3,6-9,14,24-25H,4-5,10-13,15-19H2,1H3,(H,33,42)(H,34,43)(H,35,41)(H,36,44)(H,37,48)(H,38,47)(H,39,45)(H,40,46)/t24-,25+/m0/s1. The summed E-state index contributed by atoms with van der Waals surface area (Å²) in [5.74, 6) is -4.71. The molecule has 8 amide bonds. The van der Waals surface area contributed by atoms with E-state index in [1.807, 2.05) is 42.5 Å². The third-order valence-corrected chi connectivity index (χ3v) is 7.26. The highest BCUT2D eigenvalue weighted by Crippen LogP contribution is 2.17. The van der Waals surface area contributed by atoms with Gasteiger partial charge in [0.15, 0.2) is 0 Å². The Bertz CT molecular complexity index is 1510. The first-order valence-electron chi connectivity index (χ1n) is 15.7. The zero-order valence-corrected chi connectivity index (χ0v) is 26.7. The topological polar surface area (TPSA) is 233 Å². The van der Waals surface area contributed by atoms with E-state index in [4.69, 9.17) is 0 Å². The van der Waals surface area contributed by atoms with Gasteiger partial charge in [0.2, 0.25) is 47.3 Å². The summed E-state index contributed by atoms with van der Waals surface area (Å²) >= 11 is 0. The number of hydrogen-bond donors (Lipinski definition) is 8. The Morgan fingerprint density at radius 3 is 2.08 bits per heavy atom. The van der Waals surface area contributed by atoms with E-state index < -0.39 is 73.1 Å². The highest BCUT2D eigenvalue weighted by Gasteiger charge is 2.25. The molecule has 3 rings (SSSR count). The molecule has 258 valence electrons. The smallest absolute Gasteiger partial charge is 0.243 e. The van der Waals surface area contributed by atoms with E-state index in [-0.39, 0.29) is 31.7 Å². The molecule has 0 aliphatic carbocycles. The van der Waals surface area contributed by atoms with Gasteiger partial charge in [0, 0.05) is 32.9 Å². The summed E-state index contributed by atoms with van der Waals surface area (Å²) in [5, 5.41) is 22.0. The number of hydrogen-bond acceptors (Lipinski definition) is 8. The largest absolute Gasteiger partial charge is 0.356 e. The van der Waals surface area contributed by atoms with Gasteiger partial charge in [-0.3, -0.25) is 38.4 Å². The minimum atomic E-state index is -1.21. The van der Waals surface area contributed by atoms with Crippen molar-refractivity contribution in [1.29, 1.82) is 0 Å². The maximum absolute atomic E-state index is 13.2. The van der Waals surface area contributed by atoms with Crippen molar-refractivity contribution in [3.05, 3.63) is 48.0 Å². The second kappa shape index (κ2) is 19.2. The van der Waals surface area contributed by atoms with Crippen LogP contribution in [0.3, 0.4) is 0 Å². The maximum atomic E-state index is 13.2. The van der Waals surface area contributed by atoms with Crippen LogP contribution >= 0.6 is 0 Å². The average molecular weight is 667 g/mol. The molecule has 1 aliphatic rings. The first-order valence-corrected chi connectivity index (χ1v) is 15.7. The van der Waals surface area contributed by atoms with Crippen LogP contribution in [0.1, 0.15) is 38.2 Å². The van der Waals surface area contributed by atoms with Crippen molar-refractivity contribution in [2.24, 2.45) is 0 Å². The second-order valence-electron chi connectivity index (χ2n) is 11.2. The maximum Gasteiger partial charge on any atom is 0.243 e. The van der Waals surface area contributed by atoms with Gasteiger partial charge in [0.25, 0.3) is 0 Å². The molecule has 1 saturated heterocycles. The first-order chi connectivity index (χ1) is 23.0. The second-order valence-corrected chi connectivity index (χ2v) is 11.2. The molecular weight excluding hydrogens is 624 g/mol. The number of carbonyl (C=O) groups is 8. The molecular formula is C32H42N8O8. The van der Waals surface area contributed by atoms with Crippen molar-refractivity contribution < 1.29 is 38.4 Å². The number of nitrogens with one attached hydrogen (secondary N) is 8. The van der Waals surface area contributed by atoms with Crippen molar-refractivity contribution in [1.82, 2.24) is 42.5 Å². The SMILES string of the molecule is CC(=O)NCC(=O)N[C@H]1CCC(=O)NCCCCNC(=O)CNC(=O)CNC(=O)[C@@H](Cc2ccc3ccccc3c2)NC(=O)CNC1=O. The summed E-state index contributed by atoms with van der Waals surface area (Å²) in [4.78, 5) is 99.7. The van der Waals surface area contributed by atoms with Crippen LogP contribution in [0.15, 0.2) is 42.5 Å². The lowest BCUT2D eigenvalue weighted by molar-refractivity contribution is -0.132. The van der Waals surface area contributed by atoms with E-state index in [1.54, 1.807) is 0 Å². The fraction of sp³-hybridized carbons (Fsp3) is 0.438. The molecule has 1 heterocycles. The summed E-state index contributed by atoms with van der Waals surface area (Å²) in [7, 11) is 0. The normalized spacial score (nSPS) is 19.8. The molecule has 16 heteroatoms. The van der Waals surface area contributed by atoms with E-state index in [2.05, 4.69) is 42.5 Å². The minimum absolute atomic E-state index is 0.0529. The van der Waals surface area contributed by atoms with Gasteiger partial charge < -0.3 is 42.5 Å². The van der Waals surface area contributed by atoms with Crippen LogP contribution in [-0.4, -0.2) is 98.6 Å². The highest BCUT2D eigenvalue weighted by atomic mass is 16.2. The Balaban J connectivity index is 1.75. The Labute approximate surface area is 277 Å². The van der Waals surface area contributed by atoms with Gasteiger partial charge in [-0.2, -0.15) is 0 Å². The number of rotatable bonds is 5. The molecule has 0 unspecified atom stereocenters. The van der Waals surface area contributed by atoms with E-state index in [0.29, 0.717) is 25.9 Å². The monoisotopic (exact) mass is 666 g/mol. The highest BCUT2D eigenvalue weighted by molar-refractivity contribution is 5.95. The molecule has 2 aromatic rings. The summed E-state index contributed by atoms with van der Waals surface area (Å²) in [6, 6.07) is 10.8. The summed E-state index contributed by atoms with van der Waals surface area (Å²) in [5.41, 5.74) is 0.719. The van der Waals surface area contributed by atoms with Crippen LogP contribution in [0, 0.1) is 0 Å². The lowest BCUT2D eigenvalue weighted by Crippen LogP contribution is -2.54. The van der Waals surface area contributed by atoms with E-state index in [9.17, 15) is 38.4 Å². The zero-order chi connectivity index (χ0) is 34.9. The van der Waals surface area contributed by atoms with Crippen molar-refractivity contribution in [2.75, 3.05) is 39.3 Å². The Hall–Kier alpha value is -5.54. The predicted octanol–water partition coefficient (Wildman–Crippen LogP) is -2.36. The summed E-state index contributed by atoms with van der Waals surface area (Å²) in [6.07, 6.45) is 0.902. The Morgan fingerprint density at radius 1 is 0.729 bits per heavy atom. The molecule has 1 fully saturated rings. The van der Waals surface area contributed by atoms with E-state index >= 15 is 0 Å². The Morgan fingerprint density at radius 2 is 1.35 bits per heavy atom. The van der Waals surface area contributed by atoms with Crippen molar-refractivity contribution >= 4 is 58.0 Å². The van der Waals surface area contributed by atoms with Crippen LogP contribution in [-0.2, 0) is 44.8 Å². The van der Waals surface area contributed by atoms with Gasteiger partial charge in [0.05, 0.1) is 26.2 Å². The third kappa shape index (κ3) is 13.4. The molecule has 48 heavy (non-hydrogen) atoms. The van der Waals surface area contributed by atoms with Gasteiger partial charge in [-0.1, -0.05) is 42.5 Å². The number of carbonyl (C=O) groups excluding carboxylic acids is 8. The van der Waals surface area contributed by atoms with Gasteiger partial charge in [-0.15, -0.1) is 0 Å². The van der Waals surface area contributed by atoms with Gasteiger partial charge in [-0.25, -0.2) is 0 Å². The lowest BCUT2D eigenvalue weighted by atomic mass is 10.0. The van der Waals surface area contributed by atoms with Crippen LogP contribution in [0.2, 0.25) is 0 Å². The van der Waals surface area contributed by atoms with Gasteiger partial charge in [0.1, 0.15) is 12.1 Å². The molecule has 0 bridgehead atoms. The predicted molar refractivity (Wildman–Crippen MR) is 174 cm³/mol. The number of fused-ring (bicyclic) bond motifs is 1. The molecule has 0 aromatic heterocycles. The summed E-state index contributed by atoms with van der Waals surface area (Å²) < 4.78 is 0. The van der Waals surface area contributed by atoms with Crippen molar-refractivity contribution in [3.63, 3.8) is 0 Å². The average Bonchev–Trinajstić information content (AvgIpc) is 3.06. The molecule has 2 aromatic carbocycles. The first kappa shape index (κ1) is 36.9. The zero-order valence-electron chi connectivity index (χ0n) is 26.7. The fourth-order valence-electron chi connectivity index (χ4n) is 4.73. The van der Waals surface area contributed by atoms with Crippen LogP contribution in [0.5, 0.6) is 0 Å². The summed E-state index contributed by atoms with van der Waals surface area (Å²) in [6.45, 7) is 0.116. The van der Waals surface area contributed by atoms with Crippen LogP contribution in [0.4, 0.5) is 0 Å². The lowest BCUT2D eigenvalue weighted by Gasteiger charge is -2.21. The van der Waals surface area contributed by atoms with Crippen LogP contribution < -0.4 is 42.5 Å². The van der Waals surface area contributed by atoms with Gasteiger partial charge in [-0.05, 0) is 35.6 Å². The Kier molecular flexibility index (Phi) is 14.8. The van der Waals surface area contributed by atoms with Crippen molar-refractivity contribution in [3.8, 4) is 0 Å². The third-order valence-electron chi connectivity index (χ3n) is 7.26. The minimum Gasteiger partial charge on any atom is -0.356 e. The number of benzene rings is 2.